The van der Waals surface area contributed by atoms with Crippen LogP contribution in [0.5, 0.6) is 0 Å². The summed E-state index contributed by atoms with van der Waals surface area (Å²) in [6, 6.07) is 1.58. The molecule has 0 saturated heterocycles. The third-order valence-corrected chi connectivity index (χ3v) is 2.48. The van der Waals surface area contributed by atoms with Crippen molar-refractivity contribution in [1.82, 2.24) is 4.98 Å². The van der Waals surface area contributed by atoms with Crippen LogP contribution in [-0.4, -0.2) is 17.6 Å². The van der Waals surface area contributed by atoms with Crippen LogP contribution in [0.3, 0.4) is 0 Å². The van der Waals surface area contributed by atoms with Crippen LogP contribution < -0.4 is 0 Å². The van der Waals surface area contributed by atoms with Gasteiger partial charge in [0.2, 0.25) is 0 Å². The van der Waals surface area contributed by atoms with E-state index in [1.807, 2.05) is 0 Å². The van der Waals surface area contributed by atoms with Gasteiger partial charge in [-0.15, -0.1) is 0 Å². The number of esters is 1. The highest BCUT2D eigenvalue weighted by molar-refractivity contribution is 6.33. The van der Waals surface area contributed by atoms with E-state index in [1.165, 1.54) is 12.4 Å². The molecule has 1 heterocycles. The summed E-state index contributed by atoms with van der Waals surface area (Å²) in [7, 11) is 0. The van der Waals surface area contributed by atoms with E-state index < -0.39 is 5.97 Å². The summed E-state index contributed by atoms with van der Waals surface area (Å²) in [5.41, 5.74) is 0.328. The van der Waals surface area contributed by atoms with Crippen molar-refractivity contribution in [3.05, 3.63) is 29.0 Å². The standard InChI is InChI=1S/C12H16ClNO2/c1-9(2)4-3-7-16-12(15)10-8-14-6-5-11(10)13/h5-6,8-9H,3-4,7H2,1-2H3. The minimum atomic E-state index is -0.401. The number of aromatic nitrogens is 1. The molecule has 1 aromatic heterocycles. The van der Waals surface area contributed by atoms with E-state index in [-0.39, 0.29) is 0 Å². The minimum Gasteiger partial charge on any atom is -0.462 e. The normalized spacial score (nSPS) is 10.5. The zero-order valence-corrected chi connectivity index (χ0v) is 10.3. The zero-order valence-electron chi connectivity index (χ0n) is 9.57. The Bertz CT molecular complexity index is 353. The Balaban J connectivity index is 2.39. The van der Waals surface area contributed by atoms with Crippen molar-refractivity contribution in [3.8, 4) is 0 Å². The van der Waals surface area contributed by atoms with Crippen LogP contribution in [0.15, 0.2) is 18.5 Å². The van der Waals surface area contributed by atoms with Gasteiger partial charge in [-0.3, -0.25) is 4.98 Å². The Labute approximate surface area is 101 Å². The fraction of sp³-hybridized carbons (Fsp3) is 0.500. The third-order valence-electron chi connectivity index (χ3n) is 2.15. The van der Waals surface area contributed by atoms with E-state index in [2.05, 4.69) is 18.8 Å². The topological polar surface area (TPSA) is 39.2 Å². The van der Waals surface area contributed by atoms with E-state index in [0.717, 1.165) is 12.8 Å². The number of nitrogens with zero attached hydrogens (tertiary/aromatic N) is 1. The molecule has 1 rings (SSSR count). The minimum absolute atomic E-state index is 0.328. The van der Waals surface area contributed by atoms with Crippen LogP contribution in [0.25, 0.3) is 0 Å². The quantitative estimate of drug-likeness (QED) is 0.586. The van der Waals surface area contributed by atoms with Crippen molar-refractivity contribution in [1.29, 1.82) is 0 Å². The average molecular weight is 242 g/mol. The largest absolute Gasteiger partial charge is 0.462 e. The van der Waals surface area contributed by atoms with Gasteiger partial charge in [-0.2, -0.15) is 0 Å². The van der Waals surface area contributed by atoms with Gasteiger partial charge in [-0.1, -0.05) is 25.4 Å². The molecule has 1 aromatic rings. The molecule has 88 valence electrons. The predicted octanol–water partition coefficient (Wildman–Crippen LogP) is 3.33. The average Bonchev–Trinajstić information content (AvgIpc) is 2.24. The molecule has 0 aliphatic carbocycles. The van der Waals surface area contributed by atoms with Crippen LogP contribution in [0.4, 0.5) is 0 Å². The molecule has 0 spiro atoms. The van der Waals surface area contributed by atoms with E-state index in [0.29, 0.717) is 23.1 Å². The van der Waals surface area contributed by atoms with Crippen LogP contribution >= 0.6 is 11.6 Å². The second-order valence-corrected chi connectivity index (χ2v) is 4.43. The van der Waals surface area contributed by atoms with E-state index in [9.17, 15) is 4.79 Å². The Morgan fingerprint density at radius 1 is 1.56 bits per heavy atom. The second-order valence-electron chi connectivity index (χ2n) is 4.03. The summed E-state index contributed by atoms with van der Waals surface area (Å²) >= 11 is 5.84. The maximum atomic E-state index is 11.6. The van der Waals surface area contributed by atoms with Crippen LogP contribution in [0, 0.1) is 5.92 Å². The molecule has 0 radical (unpaired) electrons. The molecular formula is C12H16ClNO2. The lowest BCUT2D eigenvalue weighted by Gasteiger charge is -2.06. The van der Waals surface area contributed by atoms with Gasteiger partial charge in [0.25, 0.3) is 0 Å². The van der Waals surface area contributed by atoms with Crippen LogP contribution in [0.1, 0.15) is 37.0 Å². The van der Waals surface area contributed by atoms with Gasteiger partial charge in [0.05, 0.1) is 17.2 Å². The first-order valence-corrected chi connectivity index (χ1v) is 5.75. The number of ether oxygens (including phenoxy) is 1. The van der Waals surface area contributed by atoms with Crippen LogP contribution in [-0.2, 0) is 4.74 Å². The van der Waals surface area contributed by atoms with Crippen molar-refractivity contribution in [3.63, 3.8) is 0 Å². The molecular weight excluding hydrogens is 226 g/mol. The Hall–Kier alpha value is -1.09. The number of pyridine rings is 1. The molecule has 16 heavy (non-hydrogen) atoms. The highest BCUT2D eigenvalue weighted by Gasteiger charge is 2.11. The van der Waals surface area contributed by atoms with Gasteiger partial charge >= 0.3 is 5.97 Å². The molecule has 0 aliphatic rings. The molecule has 4 heteroatoms. The summed E-state index contributed by atoms with van der Waals surface area (Å²) in [5.74, 6) is 0.225. The maximum absolute atomic E-state index is 11.6. The van der Waals surface area contributed by atoms with Crippen molar-refractivity contribution in [2.24, 2.45) is 5.92 Å². The maximum Gasteiger partial charge on any atom is 0.341 e. The first-order valence-electron chi connectivity index (χ1n) is 5.38. The number of hydrogen-bond donors (Lipinski definition) is 0. The molecule has 0 amide bonds. The molecule has 0 unspecified atom stereocenters. The summed E-state index contributed by atoms with van der Waals surface area (Å²) in [4.78, 5) is 15.4. The lowest BCUT2D eigenvalue weighted by Crippen LogP contribution is -2.08. The van der Waals surface area contributed by atoms with E-state index >= 15 is 0 Å². The number of hydrogen-bond acceptors (Lipinski definition) is 3. The fourth-order valence-electron chi connectivity index (χ4n) is 1.26. The van der Waals surface area contributed by atoms with E-state index in [4.69, 9.17) is 16.3 Å². The highest BCUT2D eigenvalue weighted by atomic mass is 35.5. The first kappa shape index (κ1) is 13.0. The SMILES string of the molecule is CC(C)CCCOC(=O)c1cnccc1Cl. The Kier molecular flexibility index (Phi) is 5.26. The van der Waals surface area contributed by atoms with Gasteiger partial charge < -0.3 is 4.74 Å². The summed E-state index contributed by atoms with van der Waals surface area (Å²) < 4.78 is 5.10. The summed E-state index contributed by atoms with van der Waals surface area (Å²) in [6.45, 7) is 4.71. The summed E-state index contributed by atoms with van der Waals surface area (Å²) in [6.07, 6.45) is 4.89. The summed E-state index contributed by atoms with van der Waals surface area (Å²) in [5, 5.41) is 0.379. The monoisotopic (exact) mass is 241 g/mol. The molecule has 0 saturated carbocycles. The van der Waals surface area contributed by atoms with Gasteiger partial charge in [-0.05, 0) is 24.8 Å². The Morgan fingerprint density at radius 3 is 2.94 bits per heavy atom. The second kappa shape index (κ2) is 6.48. The van der Waals surface area contributed by atoms with Gasteiger partial charge in [0.1, 0.15) is 0 Å². The number of carbonyl (C=O) groups excluding carboxylic acids is 1. The third kappa shape index (κ3) is 4.19. The zero-order chi connectivity index (χ0) is 12.0. The van der Waals surface area contributed by atoms with Crippen molar-refractivity contribution in [2.45, 2.75) is 26.7 Å². The molecule has 0 aliphatic heterocycles. The van der Waals surface area contributed by atoms with Crippen molar-refractivity contribution < 1.29 is 9.53 Å². The molecule has 3 nitrogen and oxygen atoms in total. The number of halogens is 1. The highest BCUT2D eigenvalue weighted by Crippen LogP contribution is 2.14. The smallest absolute Gasteiger partial charge is 0.341 e. The molecule has 0 atom stereocenters. The Morgan fingerprint density at radius 2 is 2.31 bits per heavy atom. The van der Waals surface area contributed by atoms with E-state index in [1.54, 1.807) is 6.07 Å². The van der Waals surface area contributed by atoms with Crippen molar-refractivity contribution in [2.75, 3.05) is 6.61 Å². The van der Waals surface area contributed by atoms with Gasteiger partial charge in [0.15, 0.2) is 0 Å². The van der Waals surface area contributed by atoms with Crippen molar-refractivity contribution >= 4 is 17.6 Å². The molecule has 0 aromatic carbocycles. The first-order chi connectivity index (χ1) is 7.61. The van der Waals surface area contributed by atoms with Gasteiger partial charge in [0, 0.05) is 12.4 Å². The predicted molar refractivity (Wildman–Crippen MR) is 63.6 cm³/mol. The lowest BCUT2D eigenvalue weighted by molar-refractivity contribution is 0.0494. The number of rotatable bonds is 5. The molecule has 0 N–H and O–H groups in total. The molecule has 0 fully saturated rings. The fourth-order valence-corrected chi connectivity index (χ4v) is 1.44. The molecule has 0 bridgehead atoms. The number of carbonyl (C=O) groups is 1. The van der Waals surface area contributed by atoms with Crippen LogP contribution in [0.2, 0.25) is 5.02 Å². The lowest BCUT2D eigenvalue weighted by atomic mass is 10.1. The van der Waals surface area contributed by atoms with Gasteiger partial charge in [-0.25, -0.2) is 4.79 Å².